The van der Waals surface area contributed by atoms with Gasteiger partial charge in [0, 0.05) is 19.3 Å². The van der Waals surface area contributed by atoms with Gasteiger partial charge >= 0.3 is 17.9 Å². The molecular formula is C21H22N2O7. The van der Waals surface area contributed by atoms with E-state index in [1.54, 1.807) is 30.5 Å². The Kier molecular flexibility index (Phi) is 6.53. The molecule has 30 heavy (non-hydrogen) atoms. The second-order valence-electron chi connectivity index (χ2n) is 6.39. The molecule has 2 aliphatic rings. The van der Waals surface area contributed by atoms with E-state index in [0.29, 0.717) is 37.7 Å². The highest BCUT2D eigenvalue weighted by Crippen LogP contribution is 2.37. The highest BCUT2D eigenvalue weighted by atomic mass is 16.5. The van der Waals surface area contributed by atoms with Gasteiger partial charge in [0.25, 0.3) is 0 Å². The molecule has 0 aliphatic carbocycles. The van der Waals surface area contributed by atoms with Crippen LogP contribution in [0.25, 0.3) is 0 Å². The molecule has 158 valence electrons. The van der Waals surface area contributed by atoms with Gasteiger partial charge in [0.05, 0.1) is 49.9 Å². The predicted molar refractivity (Wildman–Crippen MR) is 108 cm³/mol. The minimum atomic E-state index is -1.10. The predicted octanol–water partition coefficient (Wildman–Crippen LogP) is 1.71. The van der Waals surface area contributed by atoms with Crippen molar-refractivity contribution in [1.29, 1.82) is 0 Å². The molecule has 1 aromatic carbocycles. The lowest BCUT2D eigenvalue weighted by Gasteiger charge is -2.34. The zero-order chi connectivity index (χ0) is 21.7. The maximum absolute atomic E-state index is 12.7. The molecule has 0 unspecified atom stereocenters. The second kappa shape index (κ2) is 9.27. The van der Waals surface area contributed by atoms with Crippen LogP contribution in [0.4, 0.5) is 11.4 Å². The average molecular weight is 414 g/mol. The first-order valence-electron chi connectivity index (χ1n) is 9.23. The van der Waals surface area contributed by atoms with Gasteiger partial charge in [-0.3, -0.25) is 0 Å². The third-order valence-electron chi connectivity index (χ3n) is 4.72. The SMILES string of the molecule is COC(=O)C1=C(C(=O)OC)N(c2cccc(C(=O)O)c2N2CCOCC2)C=CC=C1. The fraction of sp³-hybridized carbons (Fsp3) is 0.286. The number of aromatic carboxylic acids is 1. The summed E-state index contributed by atoms with van der Waals surface area (Å²) in [7, 11) is 2.42. The van der Waals surface area contributed by atoms with Gasteiger partial charge in [-0.1, -0.05) is 12.1 Å². The second-order valence-corrected chi connectivity index (χ2v) is 6.39. The van der Waals surface area contributed by atoms with Crippen LogP contribution in [0.1, 0.15) is 10.4 Å². The topological polar surface area (TPSA) is 106 Å². The molecule has 0 aromatic heterocycles. The van der Waals surface area contributed by atoms with E-state index < -0.39 is 17.9 Å². The van der Waals surface area contributed by atoms with Crippen molar-refractivity contribution in [3.05, 3.63) is 59.5 Å². The number of para-hydroxylation sites is 1. The normalized spacial score (nSPS) is 16.3. The van der Waals surface area contributed by atoms with Crippen molar-refractivity contribution < 1.29 is 33.7 Å². The van der Waals surface area contributed by atoms with Gasteiger partial charge in [0.1, 0.15) is 5.70 Å². The summed E-state index contributed by atoms with van der Waals surface area (Å²) in [6, 6.07) is 4.77. The lowest BCUT2D eigenvalue weighted by atomic mass is 10.1. The van der Waals surface area contributed by atoms with Crippen LogP contribution in [0.5, 0.6) is 0 Å². The molecule has 2 aliphatic heterocycles. The third-order valence-corrected chi connectivity index (χ3v) is 4.72. The molecule has 1 fully saturated rings. The van der Waals surface area contributed by atoms with Crippen LogP contribution in [-0.4, -0.2) is 63.5 Å². The number of nitrogens with zero attached hydrogens (tertiary/aromatic N) is 2. The van der Waals surface area contributed by atoms with Gasteiger partial charge < -0.3 is 29.1 Å². The number of esters is 2. The zero-order valence-corrected chi connectivity index (χ0v) is 16.7. The molecule has 9 heteroatoms. The largest absolute Gasteiger partial charge is 0.478 e. The van der Waals surface area contributed by atoms with E-state index in [1.807, 2.05) is 4.90 Å². The molecule has 0 amide bonds. The highest BCUT2D eigenvalue weighted by molar-refractivity contribution is 6.07. The van der Waals surface area contributed by atoms with E-state index in [0.717, 1.165) is 0 Å². The smallest absolute Gasteiger partial charge is 0.355 e. The molecule has 2 heterocycles. The summed E-state index contributed by atoms with van der Waals surface area (Å²) < 4.78 is 15.1. The number of carbonyl (C=O) groups excluding carboxylic acids is 2. The monoisotopic (exact) mass is 414 g/mol. The van der Waals surface area contributed by atoms with Crippen molar-refractivity contribution in [3.8, 4) is 0 Å². The first kappa shape index (κ1) is 21.1. The number of hydrogen-bond donors (Lipinski definition) is 1. The Labute approximate surface area is 173 Å². The molecule has 0 saturated carbocycles. The van der Waals surface area contributed by atoms with Crippen LogP contribution < -0.4 is 9.80 Å². The first-order chi connectivity index (χ1) is 14.5. The highest BCUT2D eigenvalue weighted by Gasteiger charge is 2.31. The van der Waals surface area contributed by atoms with Gasteiger partial charge in [-0.05, 0) is 24.3 Å². The Morgan fingerprint density at radius 1 is 1.03 bits per heavy atom. The van der Waals surface area contributed by atoms with E-state index in [4.69, 9.17) is 14.2 Å². The fourth-order valence-corrected chi connectivity index (χ4v) is 3.37. The number of methoxy groups -OCH3 is 2. The summed E-state index contributed by atoms with van der Waals surface area (Å²) in [5.74, 6) is -2.59. The summed E-state index contributed by atoms with van der Waals surface area (Å²) >= 11 is 0. The van der Waals surface area contributed by atoms with E-state index in [9.17, 15) is 19.5 Å². The van der Waals surface area contributed by atoms with Crippen LogP contribution in [0.15, 0.2) is 53.9 Å². The van der Waals surface area contributed by atoms with Gasteiger partial charge in [0.15, 0.2) is 0 Å². The lowest BCUT2D eigenvalue weighted by molar-refractivity contribution is -0.139. The van der Waals surface area contributed by atoms with Crippen LogP contribution in [0, 0.1) is 0 Å². The summed E-state index contributed by atoms with van der Waals surface area (Å²) in [5, 5.41) is 9.79. The molecule has 9 nitrogen and oxygen atoms in total. The van der Waals surface area contributed by atoms with Crippen molar-refractivity contribution in [2.45, 2.75) is 0 Å². The Balaban J connectivity index is 2.26. The average Bonchev–Trinajstić information content (AvgIpc) is 3.01. The Bertz CT molecular complexity index is 943. The molecule has 1 saturated heterocycles. The summed E-state index contributed by atoms with van der Waals surface area (Å²) in [5.41, 5.74) is 0.822. The maximum atomic E-state index is 12.7. The maximum Gasteiger partial charge on any atom is 0.355 e. The molecule has 0 radical (unpaired) electrons. The Morgan fingerprint density at radius 2 is 1.73 bits per heavy atom. The van der Waals surface area contributed by atoms with Crippen molar-refractivity contribution in [1.82, 2.24) is 0 Å². The molecule has 1 aromatic rings. The Hall–Kier alpha value is -3.59. The molecular weight excluding hydrogens is 392 g/mol. The summed E-state index contributed by atoms with van der Waals surface area (Å²) in [6.07, 6.45) is 6.24. The quantitative estimate of drug-likeness (QED) is 0.721. The van der Waals surface area contributed by atoms with Gasteiger partial charge in [-0.2, -0.15) is 0 Å². The Morgan fingerprint density at radius 3 is 2.37 bits per heavy atom. The van der Waals surface area contributed by atoms with E-state index in [1.165, 1.54) is 31.3 Å². The van der Waals surface area contributed by atoms with Crippen molar-refractivity contribution >= 4 is 29.3 Å². The number of hydrogen-bond acceptors (Lipinski definition) is 8. The lowest BCUT2D eigenvalue weighted by Crippen LogP contribution is -2.38. The number of carboxylic acids is 1. The number of carboxylic acid groups (broad SMARTS) is 1. The number of allylic oxidation sites excluding steroid dienone is 2. The van der Waals surface area contributed by atoms with Gasteiger partial charge in [-0.25, -0.2) is 14.4 Å². The minimum Gasteiger partial charge on any atom is -0.478 e. The summed E-state index contributed by atoms with van der Waals surface area (Å²) in [6.45, 7) is 1.85. The molecule has 0 atom stereocenters. The third kappa shape index (κ3) is 4.06. The standard InChI is InChI=1S/C21H22N2O7/c1-28-20(26)15-6-3-4-9-23(18(15)21(27)29-2)16-8-5-7-14(19(24)25)17(16)22-10-12-30-13-11-22/h3-9H,10-13H2,1-2H3,(H,24,25). The number of carbonyl (C=O) groups is 3. The molecule has 3 rings (SSSR count). The van der Waals surface area contributed by atoms with Gasteiger partial charge in [-0.15, -0.1) is 0 Å². The number of rotatable bonds is 5. The van der Waals surface area contributed by atoms with Crippen molar-refractivity contribution in [2.75, 3.05) is 50.3 Å². The number of morpholine rings is 1. The van der Waals surface area contributed by atoms with Crippen LogP contribution in [0.2, 0.25) is 0 Å². The number of benzene rings is 1. The molecule has 0 bridgehead atoms. The van der Waals surface area contributed by atoms with Crippen LogP contribution in [0.3, 0.4) is 0 Å². The first-order valence-corrected chi connectivity index (χ1v) is 9.23. The van der Waals surface area contributed by atoms with Gasteiger partial charge in [0.2, 0.25) is 0 Å². The zero-order valence-electron chi connectivity index (χ0n) is 16.7. The number of ether oxygens (including phenoxy) is 3. The van der Waals surface area contributed by atoms with E-state index in [-0.39, 0.29) is 16.8 Å². The minimum absolute atomic E-state index is 0.0111. The van der Waals surface area contributed by atoms with E-state index >= 15 is 0 Å². The van der Waals surface area contributed by atoms with Crippen molar-refractivity contribution in [3.63, 3.8) is 0 Å². The molecule has 1 N–H and O–H groups in total. The van der Waals surface area contributed by atoms with E-state index in [2.05, 4.69) is 0 Å². The van der Waals surface area contributed by atoms with Crippen LogP contribution in [-0.2, 0) is 23.8 Å². The summed E-state index contributed by atoms with van der Waals surface area (Å²) in [4.78, 5) is 40.4. The fourth-order valence-electron chi connectivity index (χ4n) is 3.37. The molecule has 0 spiro atoms. The van der Waals surface area contributed by atoms with Crippen LogP contribution >= 0.6 is 0 Å². The number of anilines is 2. The van der Waals surface area contributed by atoms with Crippen molar-refractivity contribution in [2.24, 2.45) is 0 Å².